The molecule has 0 saturated carbocycles. The van der Waals surface area contributed by atoms with Gasteiger partial charge in [0, 0.05) is 12.7 Å². The molecule has 2 rings (SSSR count). The van der Waals surface area contributed by atoms with Gasteiger partial charge in [-0.25, -0.2) is 0 Å². The van der Waals surface area contributed by atoms with Crippen LogP contribution in [0.5, 0.6) is 0 Å². The molecule has 17 heavy (non-hydrogen) atoms. The quantitative estimate of drug-likeness (QED) is 0.903. The Morgan fingerprint density at radius 2 is 2.12 bits per heavy atom. The molecule has 1 aromatic heterocycles. The lowest BCUT2D eigenvalue weighted by molar-refractivity contribution is 0.678. The van der Waals surface area contributed by atoms with Gasteiger partial charge >= 0.3 is 0 Å². The summed E-state index contributed by atoms with van der Waals surface area (Å²) in [6.45, 7) is 3.55. The highest BCUT2D eigenvalue weighted by molar-refractivity contribution is 6.31. The van der Waals surface area contributed by atoms with Gasteiger partial charge in [-0.3, -0.25) is 4.68 Å². The molecule has 2 aromatic rings. The van der Waals surface area contributed by atoms with E-state index in [1.165, 1.54) is 11.1 Å². The van der Waals surface area contributed by atoms with Crippen molar-refractivity contribution in [2.45, 2.75) is 20.0 Å². The van der Waals surface area contributed by atoms with Gasteiger partial charge in [-0.2, -0.15) is 5.10 Å². The Labute approximate surface area is 106 Å². The summed E-state index contributed by atoms with van der Waals surface area (Å²) in [5, 5.41) is 8.21. The van der Waals surface area contributed by atoms with Gasteiger partial charge in [-0.05, 0) is 25.1 Å². The van der Waals surface area contributed by atoms with E-state index in [4.69, 9.17) is 11.6 Å². The maximum Gasteiger partial charge on any atom is 0.0815 e. The van der Waals surface area contributed by atoms with Crippen molar-refractivity contribution in [1.29, 1.82) is 0 Å². The molecule has 0 radical (unpaired) electrons. The normalized spacial score (nSPS) is 10.8. The van der Waals surface area contributed by atoms with Crippen LogP contribution in [0.25, 0.3) is 0 Å². The summed E-state index contributed by atoms with van der Waals surface area (Å²) in [5.41, 5.74) is 3.38. The summed E-state index contributed by atoms with van der Waals surface area (Å²) < 4.78 is 1.87. The Balaban J connectivity index is 2.15. The number of aromatic nitrogens is 2. The van der Waals surface area contributed by atoms with Crippen molar-refractivity contribution in [2.24, 2.45) is 0 Å². The van der Waals surface area contributed by atoms with E-state index >= 15 is 0 Å². The predicted octanol–water partition coefficient (Wildman–Crippen LogP) is 2.61. The fourth-order valence-corrected chi connectivity index (χ4v) is 1.95. The number of nitrogens with one attached hydrogen (secondary N) is 1. The van der Waals surface area contributed by atoms with Crippen molar-refractivity contribution in [1.82, 2.24) is 15.1 Å². The van der Waals surface area contributed by atoms with Crippen molar-refractivity contribution in [2.75, 3.05) is 7.05 Å². The van der Waals surface area contributed by atoms with Crippen LogP contribution < -0.4 is 5.32 Å². The molecule has 0 spiro atoms. The van der Waals surface area contributed by atoms with Crippen LogP contribution in [0.4, 0.5) is 0 Å². The Morgan fingerprint density at radius 1 is 1.35 bits per heavy atom. The smallest absolute Gasteiger partial charge is 0.0815 e. The van der Waals surface area contributed by atoms with Crippen LogP contribution in [0.15, 0.2) is 30.5 Å². The minimum atomic E-state index is 0.719. The summed E-state index contributed by atoms with van der Waals surface area (Å²) in [6, 6.07) is 8.47. The van der Waals surface area contributed by atoms with Gasteiger partial charge in [0.1, 0.15) is 0 Å². The van der Waals surface area contributed by atoms with Crippen LogP contribution in [-0.4, -0.2) is 16.8 Å². The average Bonchev–Trinajstić information content (AvgIpc) is 2.59. The molecule has 3 nitrogen and oxygen atoms in total. The molecule has 1 N–H and O–H groups in total. The van der Waals surface area contributed by atoms with Crippen molar-refractivity contribution in [3.05, 3.63) is 52.3 Å². The van der Waals surface area contributed by atoms with E-state index in [-0.39, 0.29) is 0 Å². The zero-order chi connectivity index (χ0) is 12.3. The first kappa shape index (κ1) is 12.1. The Hall–Kier alpha value is -1.32. The Morgan fingerprint density at radius 3 is 2.76 bits per heavy atom. The van der Waals surface area contributed by atoms with Crippen LogP contribution in [-0.2, 0) is 13.1 Å². The predicted molar refractivity (Wildman–Crippen MR) is 70.3 cm³/mol. The minimum absolute atomic E-state index is 0.719. The van der Waals surface area contributed by atoms with E-state index in [0.717, 1.165) is 23.8 Å². The lowest BCUT2D eigenvalue weighted by Gasteiger charge is -2.05. The third-order valence-corrected chi connectivity index (χ3v) is 2.97. The third-order valence-electron chi connectivity index (χ3n) is 2.60. The van der Waals surface area contributed by atoms with Crippen LogP contribution in [0, 0.1) is 6.92 Å². The van der Waals surface area contributed by atoms with E-state index in [1.807, 2.05) is 24.9 Å². The molecule has 0 unspecified atom stereocenters. The number of nitrogens with zero attached hydrogens (tertiary/aromatic N) is 2. The van der Waals surface area contributed by atoms with E-state index in [1.54, 1.807) is 0 Å². The van der Waals surface area contributed by atoms with Crippen LogP contribution in [0.3, 0.4) is 0 Å². The number of benzene rings is 1. The van der Waals surface area contributed by atoms with Crippen LogP contribution in [0.1, 0.15) is 16.8 Å². The van der Waals surface area contributed by atoms with E-state index in [2.05, 4.69) is 34.7 Å². The Bertz CT molecular complexity index is 486. The molecular weight excluding hydrogens is 234 g/mol. The highest BCUT2D eigenvalue weighted by atomic mass is 35.5. The molecule has 0 bridgehead atoms. The van der Waals surface area contributed by atoms with Crippen molar-refractivity contribution in [3.63, 3.8) is 0 Å². The van der Waals surface area contributed by atoms with Gasteiger partial charge in [0.15, 0.2) is 0 Å². The second-order valence-corrected chi connectivity index (χ2v) is 4.52. The summed E-state index contributed by atoms with van der Waals surface area (Å²) in [6.07, 6.45) is 1.86. The fraction of sp³-hybridized carbons (Fsp3) is 0.308. The molecule has 0 fully saturated rings. The van der Waals surface area contributed by atoms with Crippen molar-refractivity contribution < 1.29 is 0 Å². The molecule has 0 aliphatic heterocycles. The van der Waals surface area contributed by atoms with Gasteiger partial charge in [-0.15, -0.1) is 0 Å². The maximum absolute atomic E-state index is 5.98. The third kappa shape index (κ3) is 3.08. The van der Waals surface area contributed by atoms with E-state index in [9.17, 15) is 0 Å². The summed E-state index contributed by atoms with van der Waals surface area (Å²) in [4.78, 5) is 0. The van der Waals surface area contributed by atoms with Crippen LogP contribution in [0.2, 0.25) is 5.02 Å². The molecule has 90 valence electrons. The number of halogens is 1. The molecule has 0 aliphatic carbocycles. The second-order valence-electron chi connectivity index (χ2n) is 4.11. The number of rotatable bonds is 4. The van der Waals surface area contributed by atoms with Gasteiger partial charge in [-0.1, -0.05) is 35.9 Å². The molecular formula is C13H16ClN3. The minimum Gasteiger partial charge on any atom is -0.316 e. The molecule has 0 saturated heterocycles. The lowest BCUT2D eigenvalue weighted by atomic mass is 10.1. The molecule has 0 aliphatic rings. The van der Waals surface area contributed by atoms with Crippen LogP contribution >= 0.6 is 11.6 Å². The van der Waals surface area contributed by atoms with Gasteiger partial charge in [0.05, 0.1) is 17.3 Å². The first-order chi connectivity index (χ1) is 8.19. The largest absolute Gasteiger partial charge is 0.316 e. The number of aryl methyl sites for hydroxylation is 1. The van der Waals surface area contributed by atoms with Crippen molar-refractivity contribution in [3.8, 4) is 0 Å². The molecule has 0 amide bonds. The number of hydrogen-bond donors (Lipinski definition) is 1. The SMILES string of the molecule is CNCc1cccc(Cn2cc(Cl)c(C)n2)c1. The van der Waals surface area contributed by atoms with E-state index < -0.39 is 0 Å². The highest BCUT2D eigenvalue weighted by Crippen LogP contribution is 2.14. The summed E-state index contributed by atoms with van der Waals surface area (Å²) >= 11 is 5.98. The standard InChI is InChI=1S/C13H16ClN3/c1-10-13(14)9-17(16-10)8-12-5-3-4-11(6-12)7-15-2/h3-6,9,15H,7-8H2,1-2H3. The first-order valence-corrected chi connectivity index (χ1v) is 5.99. The van der Waals surface area contributed by atoms with Gasteiger partial charge in [0.2, 0.25) is 0 Å². The van der Waals surface area contributed by atoms with Gasteiger partial charge < -0.3 is 5.32 Å². The monoisotopic (exact) mass is 249 g/mol. The topological polar surface area (TPSA) is 29.9 Å². The fourth-order valence-electron chi connectivity index (χ4n) is 1.80. The molecule has 0 atom stereocenters. The summed E-state index contributed by atoms with van der Waals surface area (Å²) in [7, 11) is 1.95. The number of hydrogen-bond acceptors (Lipinski definition) is 2. The Kier molecular flexibility index (Phi) is 3.82. The van der Waals surface area contributed by atoms with Crippen molar-refractivity contribution >= 4 is 11.6 Å². The average molecular weight is 250 g/mol. The summed E-state index contributed by atoms with van der Waals surface area (Å²) in [5.74, 6) is 0. The first-order valence-electron chi connectivity index (χ1n) is 5.61. The second kappa shape index (κ2) is 5.34. The molecule has 4 heteroatoms. The van der Waals surface area contributed by atoms with E-state index in [0.29, 0.717) is 0 Å². The zero-order valence-corrected chi connectivity index (χ0v) is 10.8. The van der Waals surface area contributed by atoms with Gasteiger partial charge in [0.25, 0.3) is 0 Å². The molecule has 1 heterocycles. The maximum atomic E-state index is 5.98. The zero-order valence-electron chi connectivity index (χ0n) is 10.1. The lowest BCUT2D eigenvalue weighted by Crippen LogP contribution is -2.06. The highest BCUT2D eigenvalue weighted by Gasteiger charge is 2.03. The molecule has 1 aromatic carbocycles.